The molecule has 0 bridgehead atoms. The average molecular weight is 448 g/mol. The van der Waals surface area contributed by atoms with Crippen molar-refractivity contribution in [2.24, 2.45) is 11.8 Å². The van der Waals surface area contributed by atoms with Gasteiger partial charge in [-0.2, -0.15) is 4.31 Å². The van der Waals surface area contributed by atoms with Crippen LogP contribution in [0.25, 0.3) is 0 Å². The third-order valence-corrected chi connectivity index (χ3v) is 8.17. The predicted molar refractivity (Wildman–Crippen MR) is 117 cm³/mol. The molecule has 0 saturated carbocycles. The minimum atomic E-state index is -3.55. The molecule has 0 aliphatic carbocycles. The highest BCUT2D eigenvalue weighted by Gasteiger charge is 2.48. The Kier molecular flexibility index (Phi) is 6.49. The van der Waals surface area contributed by atoms with E-state index in [1.807, 2.05) is 18.2 Å². The summed E-state index contributed by atoms with van der Waals surface area (Å²) < 4.78 is 53.4. The number of morpholine rings is 1. The molecule has 2 aromatic rings. The number of hydrogen-bond donors (Lipinski definition) is 0. The zero-order valence-electron chi connectivity index (χ0n) is 18.0. The first-order valence-corrected chi connectivity index (χ1v) is 12.4. The maximum atomic E-state index is 13.2. The smallest absolute Gasteiger partial charge is 0.218 e. The lowest BCUT2D eigenvalue weighted by Crippen LogP contribution is -2.59. The Morgan fingerprint density at radius 3 is 2.52 bits per heavy atom. The lowest BCUT2D eigenvalue weighted by molar-refractivity contribution is -0.201. The Hall–Kier alpha value is -1.80. The summed E-state index contributed by atoms with van der Waals surface area (Å²) in [4.78, 5) is 0. The normalized spacial score (nSPS) is 27.6. The van der Waals surface area contributed by atoms with Crippen molar-refractivity contribution in [3.8, 4) is 0 Å². The Morgan fingerprint density at radius 2 is 1.84 bits per heavy atom. The van der Waals surface area contributed by atoms with E-state index in [2.05, 4.69) is 26.0 Å². The van der Waals surface area contributed by atoms with E-state index in [0.29, 0.717) is 31.2 Å². The van der Waals surface area contributed by atoms with Crippen molar-refractivity contribution in [3.63, 3.8) is 0 Å². The monoisotopic (exact) mass is 447 g/mol. The van der Waals surface area contributed by atoms with Gasteiger partial charge in [0.25, 0.3) is 0 Å². The van der Waals surface area contributed by atoms with Crippen LogP contribution in [0.4, 0.5) is 4.39 Å². The quantitative estimate of drug-likeness (QED) is 0.691. The van der Waals surface area contributed by atoms with Gasteiger partial charge in [-0.3, -0.25) is 0 Å². The van der Waals surface area contributed by atoms with Crippen LogP contribution < -0.4 is 0 Å². The number of halogens is 1. The van der Waals surface area contributed by atoms with Gasteiger partial charge in [0.15, 0.2) is 0 Å². The summed E-state index contributed by atoms with van der Waals surface area (Å²) in [7, 11) is -3.55. The molecule has 2 fully saturated rings. The van der Waals surface area contributed by atoms with Crippen LogP contribution in [0.1, 0.15) is 37.5 Å². The van der Waals surface area contributed by atoms with Gasteiger partial charge in [0.05, 0.1) is 25.1 Å². The van der Waals surface area contributed by atoms with E-state index >= 15 is 0 Å². The highest BCUT2D eigenvalue weighted by atomic mass is 32.2. The molecule has 2 aliphatic rings. The molecular formula is C24H30FNO4S. The number of rotatable bonds is 5. The molecule has 0 unspecified atom stereocenters. The van der Waals surface area contributed by atoms with Gasteiger partial charge in [-0.1, -0.05) is 56.3 Å². The third kappa shape index (κ3) is 5.00. The van der Waals surface area contributed by atoms with Gasteiger partial charge >= 0.3 is 0 Å². The molecule has 2 aliphatic heterocycles. The molecule has 4 rings (SSSR count). The van der Waals surface area contributed by atoms with Gasteiger partial charge in [-0.05, 0) is 41.5 Å². The molecule has 0 amide bonds. The molecular weight excluding hydrogens is 417 g/mol. The molecule has 3 atom stereocenters. The molecule has 7 heteroatoms. The second-order valence-corrected chi connectivity index (χ2v) is 11.0. The zero-order valence-corrected chi connectivity index (χ0v) is 18.9. The maximum Gasteiger partial charge on any atom is 0.218 e. The molecule has 2 aromatic carbocycles. The molecule has 31 heavy (non-hydrogen) atoms. The number of hydrogen-bond acceptors (Lipinski definition) is 4. The fourth-order valence-corrected chi connectivity index (χ4v) is 6.25. The van der Waals surface area contributed by atoms with E-state index < -0.39 is 15.6 Å². The fourth-order valence-electron chi connectivity index (χ4n) is 4.67. The van der Waals surface area contributed by atoms with E-state index in [1.54, 1.807) is 0 Å². The summed E-state index contributed by atoms with van der Waals surface area (Å²) in [6.45, 7) is 5.65. The highest BCUT2D eigenvalue weighted by Crippen LogP contribution is 2.44. The molecule has 2 heterocycles. The maximum absolute atomic E-state index is 13.2. The Morgan fingerprint density at radius 1 is 1.13 bits per heavy atom. The summed E-state index contributed by atoms with van der Waals surface area (Å²) in [6.07, 6.45) is 0.717. The summed E-state index contributed by atoms with van der Waals surface area (Å²) in [6, 6.07) is 15.8. The van der Waals surface area contributed by atoms with E-state index in [-0.39, 0.29) is 30.1 Å². The standard InChI is InChI=1S/C24H30FNO4S/c1-18(2)22-14-24(17-29-23(22)20-6-4-3-5-7-20)16-26(12-13-30-24)31(27,28)15-19-8-10-21(25)11-9-19/h3-11,18,22-23H,12-17H2,1-2H3/t22-,23-,24-/m0/s1. The molecule has 0 radical (unpaired) electrons. The molecule has 2 saturated heterocycles. The SMILES string of the molecule is CC(C)[C@@H]1C[C@@]2(CO[C@H]1c1ccccc1)CN(S(=O)(=O)Cc1ccc(F)cc1)CCO2. The largest absolute Gasteiger partial charge is 0.370 e. The number of benzene rings is 2. The van der Waals surface area contributed by atoms with Crippen LogP contribution in [0, 0.1) is 17.7 Å². The molecule has 0 aromatic heterocycles. The van der Waals surface area contributed by atoms with Crippen molar-refractivity contribution >= 4 is 10.0 Å². The molecule has 5 nitrogen and oxygen atoms in total. The van der Waals surface area contributed by atoms with Crippen LogP contribution in [0.15, 0.2) is 54.6 Å². The Bertz CT molecular complexity index is 980. The van der Waals surface area contributed by atoms with Crippen molar-refractivity contribution in [1.29, 1.82) is 0 Å². The third-order valence-electron chi connectivity index (χ3n) is 6.38. The van der Waals surface area contributed by atoms with Crippen molar-refractivity contribution in [1.82, 2.24) is 4.31 Å². The van der Waals surface area contributed by atoms with Gasteiger partial charge in [0, 0.05) is 13.1 Å². The van der Waals surface area contributed by atoms with Crippen LogP contribution in [-0.2, 0) is 25.2 Å². The summed E-state index contributed by atoms with van der Waals surface area (Å²) >= 11 is 0. The minimum absolute atomic E-state index is 0.0263. The van der Waals surface area contributed by atoms with Crippen molar-refractivity contribution < 1.29 is 22.3 Å². The average Bonchev–Trinajstić information content (AvgIpc) is 2.76. The lowest BCUT2D eigenvalue weighted by atomic mass is 9.76. The Labute approximate surface area is 184 Å². The van der Waals surface area contributed by atoms with Crippen LogP contribution in [0.5, 0.6) is 0 Å². The van der Waals surface area contributed by atoms with Crippen molar-refractivity contribution in [2.75, 3.05) is 26.3 Å². The molecule has 1 spiro atoms. The zero-order chi connectivity index (χ0) is 22.1. The second-order valence-electron chi connectivity index (χ2n) is 9.00. The van der Waals surface area contributed by atoms with Crippen molar-refractivity contribution in [3.05, 3.63) is 71.5 Å². The molecule has 168 valence electrons. The van der Waals surface area contributed by atoms with Crippen LogP contribution in [0.3, 0.4) is 0 Å². The number of nitrogens with zero attached hydrogens (tertiary/aromatic N) is 1. The summed E-state index contributed by atoms with van der Waals surface area (Å²) in [5.41, 5.74) is 1.08. The first kappa shape index (κ1) is 22.4. The summed E-state index contributed by atoms with van der Waals surface area (Å²) in [5.74, 6) is 0.0522. The number of sulfonamides is 1. The second kappa shape index (κ2) is 8.98. The highest BCUT2D eigenvalue weighted by molar-refractivity contribution is 7.88. The Balaban J connectivity index is 1.51. The molecule has 0 N–H and O–H groups in total. The van der Waals surface area contributed by atoms with Gasteiger partial charge in [-0.15, -0.1) is 0 Å². The lowest BCUT2D eigenvalue weighted by Gasteiger charge is -2.49. The van der Waals surface area contributed by atoms with Crippen LogP contribution in [-0.4, -0.2) is 44.6 Å². The van der Waals surface area contributed by atoms with Gasteiger partial charge in [-0.25, -0.2) is 12.8 Å². The minimum Gasteiger partial charge on any atom is -0.370 e. The van der Waals surface area contributed by atoms with E-state index in [4.69, 9.17) is 9.47 Å². The van der Waals surface area contributed by atoms with Crippen LogP contribution >= 0.6 is 0 Å². The number of ether oxygens (including phenoxy) is 2. The van der Waals surface area contributed by atoms with Gasteiger partial charge < -0.3 is 9.47 Å². The topological polar surface area (TPSA) is 55.8 Å². The van der Waals surface area contributed by atoms with Gasteiger partial charge in [0.2, 0.25) is 10.0 Å². The van der Waals surface area contributed by atoms with E-state index in [0.717, 1.165) is 12.0 Å². The summed E-state index contributed by atoms with van der Waals surface area (Å²) in [5, 5.41) is 0. The first-order valence-electron chi connectivity index (χ1n) is 10.8. The van der Waals surface area contributed by atoms with E-state index in [1.165, 1.54) is 28.6 Å². The fraction of sp³-hybridized carbons (Fsp3) is 0.500. The van der Waals surface area contributed by atoms with Crippen LogP contribution in [0.2, 0.25) is 0 Å². The van der Waals surface area contributed by atoms with E-state index in [9.17, 15) is 12.8 Å². The first-order chi connectivity index (χ1) is 14.8. The predicted octanol–water partition coefficient (Wildman–Crippen LogP) is 4.16. The van der Waals surface area contributed by atoms with Gasteiger partial charge in [0.1, 0.15) is 11.4 Å². The van der Waals surface area contributed by atoms with Crippen molar-refractivity contribution in [2.45, 2.75) is 37.7 Å².